The standard InChI is InChI=1S/C45H47N3O16S4/c1-6-46-31-18-17-28-24-35(67(56,57)58)36(68(59,60)61)26-30(28)42(31)44(2,3)37(46)13-9-7-10-14-38-45(4,5)43-29-25-34(66(53,54)55)33(65-64-63-52)23-27(29)16-19-32(43)47(38)22-12-8-11-15-41(51)62-48-39(49)20-21-40(48)50/h7,9-10,13-14,16-19,23-26H,6,8,11-12,15,20-22H2,1-5H3,(H3-,52,53,54,55,56,57,58,59,60,61)/p-3. The molecule has 3 aliphatic heterocycles. The molecule has 0 bridgehead atoms. The number of benzene rings is 4. The van der Waals surface area contributed by atoms with Gasteiger partial charge in [-0.1, -0.05) is 38.1 Å². The van der Waals surface area contributed by atoms with Crippen LogP contribution in [-0.2, 0) is 69.8 Å². The van der Waals surface area contributed by atoms with Crippen LogP contribution in [0, 0.1) is 0 Å². The van der Waals surface area contributed by atoms with Gasteiger partial charge < -0.3 is 28.7 Å². The normalized spacial score (nSPS) is 17.8. The summed E-state index contributed by atoms with van der Waals surface area (Å²) < 4.78 is 117. The molecular weight excluding hydrogens is 967 g/mol. The first kappa shape index (κ1) is 50.5. The van der Waals surface area contributed by atoms with Gasteiger partial charge in [-0.3, -0.25) is 14.6 Å². The van der Waals surface area contributed by atoms with E-state index in [1.54, 1.807) is 30.4 Å². The number of imide groups is 1. The Morgan fingerprint density at radius 3 is 2.00 bits per heavy atom. The summed E-state index contributed by atoms with van der Waals surface area (Å²) in [6.45, 7) is 10.5. The number of anilines is 1. The quantitative estimate of drug-likeness (QED) is 0.0190. The van der Waals surface area contributed by atoms with Crippen LogP contribution in [0.3, 0.4) is 0 Å². The molecule has 0 N–H and O–H groups in total. The molecule has 0 spiro atoms. The number of unbranched alkanes of at least 4 members (excludes halogenated alkanes) is 2. The molecule has 2 amide bonds. The lowest BCUT2D eigenvalue weighted by Gasteiger charge is -2.26. The van der Waals surface area contributed by atoms with E-state index in [0.29, 0.717) is 70.4 Å². The molecule has 0 saturated carbocycles. The van der Waals surface area contributed by atoms with Crippen LogP contribution >= 0.6 is 12.0 Å². The van der Waals surface area contributed by atoms with Crippen molar-refractivity contribution in [1.29, 1.82) is 0 Å². The summed E-state index contributed by atoms with van der Waals surface area (Å²) in [7, 11) is -15.8. The molecule has 7 rings (SSSR count). The highest BCUT2D eigenvalue weighted by Gasteiger charge is 2.46. The van der Waals surface area contributed by atoms with Crippen molar-refractivity contribution in [2.45, 2.75) is 104 Å². The zero-order valence-corrected chi connectivity index (χ0v) is 40.4. The van der Waals surface area contributed by atoms with Crippen LogP contribution in [-0.4, -0.2) is 85.1 Å². The van der Waals surface area contributed by atoms with E-state index < -0.39 is 73.7 Å². The summed E-state index contributed by atoms with van der Waals surface area (Å²) >= 11 is 0.287. The summed E-state index contributed by atoms with van der Waals surface area (Å²) in [6, 6.07) is 11.4. The number of hydrogen-bond acceptors (Lipinski definition) is 18. The highest BCUT2D eigenvalue weighted by molar-refractivity contribution is 7.95. The van der Waals surface area contributed by atoms with Crippen LogP contribution in [0.5, 0.6) is 0 Å². The molecular formula is C45H44N3O16S4-3. The van der Waals surface area contributed by atoms with Crippen LogP contribution in [0.15, 0.2) is 104 Å². The molecule has 3 heterocycles. The second-order valence-corrected chi connectivity index (χ2v) is 22.0. The monoisotopic (exact) mass is 1010 g/mol. The van der Waals surface area contributed by atoms with Crippen molar-refractivity contribution < 1.29 is 77.3 Å². The van der Waals surface area contributed by atoms with Gasteiger partial charge in [-0.2, -0.15) is 8.91 Å². The fourth-order valence-electron chi connectivity index (χ4n) is 9.35. The fraction of sp³-hybridized carbons (Fsp3) is 0.333. The lowest BCUT2D eigenvalue weighted by atomic mass is 9.79. The van der Waals surface area contributed by atoms with E-state index in [1.807, 2.05) is 63.8 Å². The number of rotatable bonds is 17. The van der Waals surface area contributed by atoms with Crippen LogP contribution < -0.4 is 10.2 Å². The second kappa shape index (κ2) is 18.9. The predicted molar refractivity (Wildman–Crippen MR) is 241 cm³/mol. The van der Waals surface area contributed by atoms with Gasteiger partial charge in [-0.15, -0.1) is 5.06 Å². The molecule has 68 heavy (non-hydrogen) atoms. The highest BCUT2D eigenvalue weighted by atomic mass is 32.2. The number of hydroxylamine groups is 2. The van der Waals surface area contributed by atoms with Gasteiger partial charge in [0.05, 0.1) is 37.0 Å². The minimum atomic E-state index is -5.37. The summed E-state index contributed by atoms with van der Waals surface area (Å²) in [6.07, 6.45) is 10.5. The van der Waals surface area contributed by atoms with E-state index in [1.165, 1.54) is 12.1 Å². The Morgan fingerprint density at radius 1 is 0.765 bits per heavy atom. The van der Waals surface area contributed by atoms with Gasteiger partial charge >= 0.3 is 5.97 Å². The molecule has 23 heteroatoms. The predicted octanol–water partition coefficient (Wildman–Crippen LogP) is 5.29. The third-order valence-corrected chi connectivity index (χ3v) is 15.8. The Labute approximate surface area is 396 Å². The minimum Gasteiger partial charge on any atom is -0.744 e. The van der Waals surface area contributed by atoms with Crippen molar-refractivity contribution >= 4 is 98.8 Å². The van der Waals surface area contributed by atoms with Crippen molar-refractivity contribution in [1.82, 2.24) is 5.06 Å². The molecule has 3 aliphatic rings. The number of hydrogen-bond donors (Lipinski definition) is 0. The van der Waals surface area contributed by atoms with Gasteiger partial charge in [-0.05, 0) is 103 Å². The van der Waals surface area contributed by atoms with Crippen LogP contribution in [0.1, 0.15) is 84.3 Å². The van der Waals surface area contributed by atoms with Gasteiger partial charge in [0, 0.05) is 66.7 Å². The Morgan fingerprint density at radius 2 is 1.37 bits per heavy atom. The molecule has 0 atom stereocenters. The molecule has 19 nitrogen and oxygen atoms in total. The third-order valence-electron chi connectivity index (χ3n) is 12.3. The summed E-state index contributed by atoms with van der Waals surface area (Å²) in [5, 5.41) is 16.1. The van der Waals surface area contributed by atoms with Crippen molar-refractivity contribution in [2.75, 3.05) is 18.0 Å². The van der Waals surface area contributed by atoms with Gasteiger partial charge in [0.25, 0.3) is 11.8 Å². The molecule has 4 aromatic carbocycles. The Bertz CT molecular complexity index is 3250. The highest BCUT2D eigenvalue weighted by Crippen LogP contribution is 2.51. The molecule has 4 aromatic rings. The number of amides is 2. The zero-order valence-electron chi connectivity index (χ0n) is 37.2. The summed E-state index contributed by atoms with van der Waals surface area (Å²) in [5.74, 6) is -1.86. The van der Waals surface area contributed by atoms with E-state index >= 15 is 0 Å². The fourth-order valence-corrected chi connectivity index (χ4v) is 12.5. The van der Waals surface area contributed by atoms with Crippen LogP contribution in [0.4, 0.5) is 11.4 Å². The topological polar surface area (TPSA) is 283 Å². The minimum absolute atomic E-state index is 0.0230. The molecule has 0 aromatic heterocycles. The van der Waals surface area contributed by atoms with E-state index in [9.17, 15) is 58.6 Å². The Balaban J connectivity index is 1.22. The van der Waals surface area contributed by atoms with Crippen molar-refractivity contribution in [3.63, 3.8) is 0 Å². The molecule has 362 valence electrons. The number of carbonyl (C=O) groups is 3. The van der Waals surface area contributed by atoms with E-state index in [2.05, 4.69) is 13.9 Å². The Hall–Kier alpha value is -5.34. The van der Waals surface area contributed by atoms with Gasteiger partial charge in [0.1, 0.15) is 36.9 Å². The van der Waals surface area contributed by atoms with Crippen molar-refractivity contribution in [3.8, 4) is 0 Å². The lowest BCUT2D eigenvalue weighted by molar-refractivity contribution is -0.777. The average Bonchev–Trinajstić information content (AvgIpc) is 3.78. The van der Waals surface area contributed by atoms with Crippen molar-refractivity contribution in [2.24, 2.45) is 0 Å². The first-order valence-electron chi connectivity index (χ1n) is 21.1. The van der Waals surface area contributed by atoms with Crippen LogP contribution in [0.25, 0.3) is 21.5 Å². The number of carbonyl (C=O) groups excluding carboxylic acids is 3. The van der Waals surface area contributed by atoms with Gasteiger partial charge in [0.15, 0.2) is 5.71 Å². The maximum atomic E-state index is 12.5. The largest absolute Gasteiger partial charge is 0.744 e. The van der Waals surface area contributed by atoms with E-state index in [-0.39, 0.29) is 41.6 Å². The smallest absolute Gasteiger partial charge is 0.333 e. The SMILES string of the molecule is CCN1\C(=C/C=C/C=C/C2=[N+](CCCCCC(=O)ON3C(=O)CCC3=O)c3ccc4cc(SOO[O-])c(S(=O)(=O)[O-])cc4c3C2(C)C)C(C)(C)c2c1ccc1cc(S(=O)(=O)[O-])c(S(=O)(=O)[O-])cc21. The average molecular weight is 1010 g/mol. The van der Waals surface area contributed by atoms with E-state index in [4.69, 9.17) is 4.84 Å². The van der Waals surface area contributed by atoms with E-state index in [0.717, 1.165) is 29.2 Å². The van der Waals surface area contributed by atoms with Gasteiger partial charge in [-0.25, -0.2) is 30.0 Å². The number of nitrogens with zero attached hydrogens (tertiary/aromatic N) is 3. The van der Waals surface area contributed by atoms with Crippen LogP contribution in [0.2, 0.25) is 0 Å². The first-order chi connectivity index (χ1) is 31.8. The maximum Gasteiger partial charge on any atom is 0.333 e. The van der Waals surface area contributed by atoms with Crippen molar-refractivity contribution in [3.05, 3.63) is 95.7 Å². The molecule has 1 fully saturated rings. The zero-order chi connectivity index (χ0) is 49.7. The van der Waals surface area contributed by atoms with Gasteiger partial charge in [0.2, 0.25) is 5.69 Å². The molecule has 0 aliphatic carbocycles. The third kappa shape index (κ3) is 9.64. The first-order valence-corrected chi connectivity index (χ1v) is 26.1. The number of fused-ring (bicyclic) bond motifs is 6. The number of likely N-dealkylation sites (N-methyl/N-ethyl adjacent to an activating group) is 1. The number of allylic oxidation sites excluding steroid dienone is 6. The Kier molecular flexibility index (Phi) is 14.0. The summed E-state index contributed by atoms with van der Waals surface area (Å²) in [4.78, 5) is 40.3. The summed E-state index contributed by atoms with van der Waals surface area (Å²) in [5.41, 5.74) is 2.65. The lowest BCUT2D eigenvalue weighted by Crippen LogP contribution is -2.31. The second-order valence-electron chi connectivity index (χ2n) is 17.2. The molecule has 0 unspecified atom stereocenters. The molecule has 1 saturated heterocycles. The maximum absolute atomic E-state index is 12.5. The molecule has 0 radical (unpaired) electrons.